The number of nitrogens with one attached hydrogen (secondary N) is 2. The van der Waals surface area contributed by atoms with E-state index in [1.165, 1.54) is 13.2 Å². The zero-order chi connectivity index (χ0) is 24.9. The molecule has 0 unspecified atom stereocenters. The second kappa shape index (κ2) is 10.7. The highest BCUT2D eigenvalue weighted by atomic mass is 79.9. The molecular weight excluding hydrogens is 516 g/mol. The van der Waals surface area contributed by atoms with Gasteiger partial charge in [0, 0.05) is 23.2 Å². The van der Waals surface area contributed by atoms with Gasteiger partial charge in [0.1, 0.15) is 6.61 Å². The van der Waals surface area contributed by atoms with Gasteiger partial charge in [0.05, 0.1) is 12.2 Å². The molecule has 2 amide bonds. The number of carbonyl (C=O) groups is 3. The first kappa shape index (κ1) is 24.4. The number of carboxylic acids is 1. The van der Waals surface area contributed by atoms with Crippen LogP contribution < -0.4 is 10.6 Å². The van der Waals surface area contributed by atoms with E-state index in [-0.39, 0.29) is 24.7 Å². The topological polar surface area (TPSA) is 114 Å². The Labute approximate surface area is 210 Å². The molecule has 0 radical (unpaired) electrons. The van der Waals surface area contributed by atoms with Crippen molar-refractivity contribution in [2.45, 2.75) is 12.0 Å². The Balaban J connectivity index is 1.43. The molecule has 3 aromatic rings. The average molecular weight is 539 g/mol. The minimum atomic E-state index is -1.22. The molecule has 9 heteroatoms. The first-order valence-corrected chi connectivity index (χ1v) is 11.6. The van der Waals surface area contributed by atoms with Crippen LogP contribution in [0.3, 0.4) is 0 Å². The van der Waals surface area contributed by atoms with Gasteiger partial charge >= 0.3 is 12.1 Å². The smallest absolute Gasteiger partial charge is 0.411 e. The van der Waals surface area contributed by atoms with Gasteiger partial charge in [0.15, 0.2) is 6.04 Å². The first-order valence-electron chi connectivity index (χ1n) is 10.8. The molecule has 3 N–H and O–H groups in total. The molecule has 3 aromatic carbocycles. The number of rotatable bonds is 8. The molecule has 0 saturated heterocycles. The third-order valence-corrected chi connectivity index (χ3v) is 6.43. The van der Waals surface area contributed by atoms with Crippen molar-refractivity contribution in [3.63, 3.8) is 0 Å². The number of anilines is 1. The zero-order valence-electron chi connectivity index (χ0n) is 18.8. The lowest BCUT2D eigenvalue weighted by atomic mass is 9.98. The molecule has 0 bridgehead atoms. The Morgan fingerprint density at radius 2 is 1.63 bits per heavy atom. The van der Waals surface area contributed by atoms with Crippen LogP contribution in [0.5, 0.6) is 0 Å². The van der Waals surface area contributed by atoms with E-state index in [4.69, 9.17) is 9.47 Å². The highest BCUT2D eigenvalue weighted by molar-refractivity contribution is 9.10. The Morgan fingerprint density at radius 1 is 1.00 bits per heavy atom. The quantitative estimate of drug-likeness (QED) is 0.385. The van der Waals surface area contributed by atoms with Gasteiger partial charge in [-0.1, -0.05) is 48.5 Å². The van der Waals surface area contributed by atoms with Crippen LogP contribution in [0.25, 0.3) is 11.1 Å². The lowest BCUT2D eigenvalue weighted by molar-refractivity contribution is -0.140. The van der Waals surface area contributed by atoms with Gasteiger partial charge < -0.3 is 19.9 Å². The number of aliphatic carboxylic acids is 1. The molecule has 0 heterocycles. The monoisotopic (exact) mass is 538 g/mol. The lowest BCUT2D eigenvalue weighted by Crippen LogP contribution is -2.43. The number of carboxylic acid groups (broad SMARTS) is 1. The summed E-state index contributed by atoms with van der Waals surface area (Å²) in [5.41, 5.74) is 4.96. The first-order chi connectivity index (χ1) is 16.9. The fraction of sp³-hybridized carbons (Fsp3) is 0.192. The van der Waals surface area contributed by atoms with Crippen LogP contribution in [0, 0.1) is 0 Å². The third-order valence-electron chi connectivity index (χ3n) is 5.74. The number of methoxy groups -OCH3 is 1. The predicted molar refractivity (Wildman–Crippen MR) is 134 cm³/mol. The third kappa shape index (κ3) is 5.36. The molecule has 0 spiro atoms. The van der Waals surface area contributed by atoms with Crippen LogP contribution in [0.4, 0.5) is 10.5 Å². The SMILES string of the molecule is COC[C@H](NC(=O)c1cc(NC(=O)OCC2c3ccccc3-c3ccccc32)ccc1Br)C(=O)O. The van der Waals surface area contributed by atoms with Crippen molar-refractivity contribution < 1.29 is 29.0 Å². The van der Waals surface area contributed by atoms with Crippen LogP contribution in [0.2, 0.25) is 0 Å². The number of carbonyl (C=O) groups excluding carboxylic acids is 2. The molecule has 0 aromatic heterocycles. The van der Waals surface area contributed by atoms with E-state index in [0.29, 0.717) is 10.2 Å². The van der Waals surface area contributed by atoms with Crippen LogP contribution >= 0.6 is 15.9 Å². The molecule has 1 aliphatic rings. The zero-order valence-corrected chi connectivity index (χ0v) is 20.4. The van der Waals surface area contributed by atoms with Crippen molar-refractivity contribution >= 4 is 39.6 Å². The van der Waals surface area contributed by atoms with Gasteiger partial charge in [-0.2, -0.15) is 0 Å². The maximum Gasteiger partial charge on any atom is 0.411 e. The molecule has 180 valence electrons. The number of amides is 2. The summed E-state index contributed by atoms with van der Waals surface area (Å²) >= 11 is 3.29. The van der Waals surface area contributed by atoms with Gasteiger partial charge in [-0.25, -0.2) is 9.59 Å². The summed E-state index contributed by atoms with van der Waals surface area (Å²) in [7, 11) is 1.34. The summed E-state index contributed by atoms with van der Waals surface area (Å²) in [4.78, 5) is 36.5. The van der Waals surface area contributed by atoms with Crippen molar-refractivity contribution in [2.75, 3.05) is 25.6 Å². The maximum atomic E-state index is 12.6. The highest BCUT2D eigenvalue weighted by Crippen LogP contribution is 2.44. The normalized spacial score (nSPS) is 12.9. The molecule has 0 aliphatic heterocycles. The second-order valence-electron chi connectivity index (χ2n) is 7.96. The Morgan fingerprint density at radius 3 is 2.23 bits per heavy atom. The number of hydrogen-bond acceptors (Lipinski definition) is 5. The van der Waals surface area contributed by atoms with E-state index < -0.39 is 24.0 Å². The minimum Gasteiger partial charge on any atom is -0.480 e. The van der Waals surface area contributed by atoms with Gasteiger partial charge in [-0.3, -0.25) is 10.1 Å². The molecule has 1 aliphatic carbocycles. The van der Waals surface area contributed by atoms with Crippen LogP contribution in [-0.4, -0.2) is 49.4 Å². The Bertz CT molecular complexity index is 1230. The summed E-state index contributed by atoms with van der Waals surface area (Å²) in [5.74, 6) is -1.92. The van der Waals surface area contributed by atoms with Gasteiger partial charge in [0.2, 0.25) is 0 Å². The number of benzene rings is 3. The molecule has 4 rings (SSSR count). The molecule has 1 atom stereocenters. The molecular formula is C26H23BrN2O6. The van der Waals surface area contributed by atoms with E-state index in [0.717, 1.165) is 22.3 Å². The molecule has 0 fully saturated rings. The standard InChI is InChI=1S/C26H23BrN2O6/c1-34-14-23(25(31)32)29-24(30)20-12-15(10-11-22(20)27)28-26(33)35-13-21-18-8-4-2-6-16(18)17-7-3-5-9-19(17)21/h2-12,21,23H,13-14H2,1H3,(H,28,33)(H,29,30)(H,31,32)/t23-/m0/s1. The second-order valence-corrected chi connectivity index (χ2v) is 8.82. The van der Waals surface area contributed by atoms with Crippen molar-refractivity contribution in [1.29, 1.82) is 0 Å². The van der Waals surface area contributed by atoms with Gasteiger partial charge in [-0.15, -0.1) is 0 Å². The molecule has 8 nitrogen and oxygen atoms in total. The highest BCUT2D eigenvalue weighted by Gasteiger charge is 2.29. The summed E-state index contributed by atoms with van der Waals surface area (Å²) in [5, 5.41) is 14.3. The van der Waals surface area contributed by atoms with Crippen LogP contribution in [0.15, 0.2) is 71.2 Å². The van der Waals surface area contributed by atoms with Gasteiger partial charge in [-0.05, 0) is 56.4 Å². The lowest BCUT2D eigenvalue weighted by Gasteiger charge is -2.16. The van der Waals surface area contributed by atoms with Crippen molar-refractivity contribution in [2.24, 2.45) is 0 Å². The Kier molecular flexibility index (Phi) is 7.48. The van der Waals surface area contributed by atoms with E-state index in [1.54, 1.807) is 12.1 Å². The van der Waals surface area contributed by atoms with Crippen LogP contribution in [0.1, 0.15) is 27.4 Å². The van der Waals surface area contributed by atoms with Gasteiger partial charge in [0.25, 0.3) is 5.91 Å². The summed E-state index contributed by atoms with van der Waals surface area (Å²) in [6, 6.07) is 19.5. The van der Waals surface area contributed by atoms with Crippen LogP contribution in [-0.2, 0) is 14.3 Å². The summed E-state index contributed by atoms with van der Waals surface area (Å²) in [6.45, 7) is -0.0303. The molecule has 0 saturated carbocycles. The number of hydrogen-bond donors (Lipinski definition) is 3. The largest absolute Gasteiger partial charge is 0.480 e. The predicted octanol–water partition coefficient (Wildman–Crippen LogP) is 4.64. The average Bonchev–Trinajstić information content (AvgIpc) is 3.17. The van der Waals surface area contributed by atoms with E-state index in [9.17, 15) is 19.5 Å². The summed E-state index contributed by atoms with van der Waals surface area (Å²) < 4.78 is 10.8. The van der Waals surface area contributed by atoms with E-state index >= 15 is 0 Å². The number of fused-ring (bicyclic) bond motifs is 3. The van der Waals surface area contributed by atoms with Crippen molar-refractivity contribution in [3.8, 4) is 11.1 Å². The fourth-order valence-electron chi connectivity index (χ4n) is 4.11. The van der Waals surface area contributed by atoms with E-state index in [1.807, 2.05) is 36.4 Å². The molecule has 35 heavy (non-hydrogen) atoms. The number of halogens is 1. The fourth-order valence-corrected chi connectivity index (χ4v) is 4.53. The van der Waals surface area contributed by atoms with E-state index in [2.05, 4.69) is 38.7 Å². The summed E-state index contributed by atoms with van der Waals surface area (Å²) in [6.07, 6.45) is -0.664. The van der Waals surface area contributed by atoms with Crippen molar-refractivity contribution in [3.05, 3.63) is 87.9 Å². The Hall–Kier alpha value is -3.69. The minimum absolute atomic E-state index is 0.0758. The van der Waals surface area contributed by atoms with Crippen molar-refractivity contribution in [1.82, 2.24) is 5.32 Å². The number of ether oxygens (including phenoxy) is 2. The maximum absolute atomic E-state index is 12.6.